The normalized spacial score (nSPS) is 11.2. The van der Waals surface area contributed by atoms with Crippen LogP contribution >= 0.6 is 11.3 Å². The minimum absolute atomic E-state index is 0.0686. The Morgan fingerprint density at radius 1 is 0.432 bits per heavy atom. The van der Waals surface area contributed by atoms with E-state index in [1.165, 1.54) is 37.7 Å². The zero-order valence-electron chi connectivity index (χ0n) is 44.6. The fourth-order valence-corrected chi connectivity index (χ4v) is 11.5. The predicted octanol–water partition coefficient (Wildman–Crippen LogP) is 11.3. The lowest BCUT2D eigenvalue weighted by atomic mass is 10.0. The van der Waals surface area contributed by atoms with Crippen LogP contribution in [0.2, 0.25) is 0 Å². The standard InChI is InChI=1S/C23H23NO6S.C19H17NO4S2.C18H21NO4S/c1-29-21-14-13-20(15-22(21)30-2)31(27,28)24-19-11-7-17(8-12-19)4-3-16-5-9-18(10-6-16)23(25)26;21-19(22)16-9-5-14(6-10-16)3-4-15-7-11-17(12-8-15)20-26(23,24)18-2-1-13-25-18;1-13(2)24(22,23)19-17-11-7-15(8-12-17)4-3-14-5-9-16(10-6-14)18(20)21/h5-15,24H,3-4H2,1-2H3,(H,25,26);1-2,5-13,20H,3-4H2,(H,21,22);5-13,19H,3-4H2,1-2H3,(H,20,21). The maximum absolute atomic E-state index is 12.7. The van der Waals surface area contributed by atoms with Gasteiger partial charge < -0.3 is 24.8 Å². The lowest BCUT2D eigenvalue weighted by Crippen LogP contribution is -2.22. The third-order valence-corrected chi connectivity index (χ3v) is 18.3. The molecule has 1 heterocycles. The molecule has 21 heteroatoms. The molecule has 1 aromatic heterocycles. The third kappa shape index (κ3) is 18.8. The first-order valence-corrected chi connectivity index (χ1v) is 30.5. The van der Waals surface area contributed by atoms with E-state index in [4.69, 9.17) is 24.8 Å². The second-order valence-electron chi connectivity index (χ2n) is 18.5. The number of ether oxygens (including phenoxy) is 2. The molecule has 0 radical (unpaired) electrons. The Labute approximate surface area is 476 Å². The molecule has 0 unspecified atom stereocenters. The number of aromatic carboxylic acids is 3. The minimum atomic E-state index is -3.78. The van der Waals surface area contributed by atoms with Gasteiger partial charge in [0.1, 0.15) is 4.21 Å². The number of thiophene rings is 1. The van der Waals surface area contributed by atoms with Gasteiger partial charge in [-0.05, 0) is 182 Å². The van der Waals surface area contributed by atoms with Crippen LogP contribution in [0.15, 0.2) is 190 Å². The van der Waals surface area contributed by atoms with Gasteiger partial charge in [-0.1, -0.05) is 78.9 Å². The van der Waals surface area contributed by atoms with Crippen molar-refractivity contribution in [1.29, 1.82) is 0 Å². The summed E-state index contributed by atoms with van der Waals surface area (Å²) in [6.45, 7) is 3.26. The molecule has 17 nitrogen and oxygen atoms in total. The van der Waals surface area contributed by atoms with Crippen molar-refractivity contribution in [2.75, 3.05) is 28.4 Å². The predicted molar refractivity (Wildman–Crippen MR) is 315 cm³/mol. The summed E-state index contributed by atoms with van der Waals surface area (Å²) in [5.41, 5.74) is 8.68. The monoisotopic (exact) mass is 1180 g/mol. The summed E-state index contributed by atoms with van der Waals surface area (Å²) < 4.78 is 91.7. The first-order chi connectivity index (χ1) is 38.5. The van der Waals surface area contributed by atoms with Gasteiger partial charge in [-0.3, -0.25) is 14.2 Å². The van der Waals surface area contributed by atoms with Crippen LogP contribution in [-0.4, -0.2) is 78.0 Å². The molecule has 0 saturated carbocycles. The van der Waals surface area contributed by atoms with Crippen LogP contribution in [0.3, 0.4) is 0 Å². The van der Waals surface area contributed by atoms with E-state index in [2.05, 4.69) is 14.2 Å². The van der Waals surface area contributed by atoms with E-state index in [1.807, 2.05) is 60.7 Å². The van der Waals surface area contributed by atoms with Crippen molar-refractivity contribution in [2.24, 2.45) is 0 Å². The zero-order chi connectivity index (χ0) is 58.7. The number of sulfonamides is 3. The molecule has 0 aliphatic heterocycles. The van der Waals surface area contributed by atoms with Gasteiger partial charge in [-0.15, -0.1) is 11.3 Å². The summed E-state index contributed by atoms with van der Waals surface area (Å²) in [7, 11) is -7.71. The van der Waals surface area contributed by atoms with E-state index in [9.17, 15) is 39.6 Å². The van der Waals surface area contributed by atoms with Gasteiger partial charge in [0.2, 0.25) is 10.0 Å². The molecule has 0 spiro atoms. The number of carboxylic acids is 3. The molecule has 6 N–H and O–H groups in total. The fourth-order valence-electron chi connectivity index (χ4n) is 7.63. The van der Waals surface area contributed by atoms with E-state index < -0.39 is 53.2 Å². The van der Waals surface area contributed by atoms with Gasteiger partial charge in [-0.25, -0.2) is 39.6 Å². The van der Waals surface area contributed by atoms with Crippen molar-refractivity contribution in [1.82, 2.24) is 0 Å². The summed E-state index contributed by atoms with van der Waals surface area (Å²) in [4.78, 5) is 32.6. The molecular formula is C60H61N3O14S4. The molecule has 7 aromatic carbocycles. The van der Waals surface area contributed by atoms with Crippen molar-refractivity contribution in [2.45, 2.75) is 66.7 Å². The average molecular weight is 1180 g/mol. The smallest absolute Gasteiger partial charge is 0.335 e. The topological polar surface area (TPSA) is 269 Å². The quantitative estimate of drug-likeness (QED) is 0.0348. The van der Waals surface area contributed by atoms with Crippen LogP contribution < -0.4 is 23.6 Å². The van der Waals surface area contributed by atoms with E-state index in [0.717, 1.165) is 71.9 Å². The van der Waals surface area contributed by atoms with Crippen molar-refractivity contribution in [3.05, 3.63) is 231 Å². The highest BCUT2D eigenvalue weighted by molar-refractivity contribution is 7.94. The van der Waals surface area contributed by atoms with Gasteiger partial charge in [0.15, 0.2) is 11.5 Å². The molecule has 8 aromatic rings. The van der Waals surface area contributed by atoms with Crippen LogP contribution in [0.1, 0.15) is 78.3 Å². The van der Waals surface area contributed by atoms with Gasteiger partial charge in [0.05, 0.1) is 41.1 Å². The third-order valence-electron chi connectivity index (χ3n) is 12.4. The molecule has 0 fully saturated rings. The number of carboxylic acid groups (broad SMARTS) is 3. The van der Waals surface area contributed by atoms with Crippen molar-refractivity contribution < 1.29 is 64.4 Å². The molecule has 424 valence electrons. The van der Waals surface area contributed by atoms with Crippen LogP contribution in [0.5, 0.6) is 11.5 Å². The number of hydrogen-bond donors (Lipinski definition) is 6. The Kier molecular flexibility index (Phi) is 21.8. The van der Waals surface area contributed by atoms with Gasteiger partial charge in [-0.2, -0.15) is 0 Å². The van der Waals surface area contributed by atoms with E-state index in [0.29, 0.717) is 28.6 Å². The zero-order valence-corrected chi connectivity index (χ0v) is 47.9. The number of methoxy groups -OCH3 is 2. The van der Waals surface area contributed by atoms with Crippen LogP contribution in [0.25, 0.3) is 0 Å². The molecule has 8 rings (SSSR count). The summed E-state index contributed by atoms with van der Waals surface area (Å²) in [5, 5.41) is 28.0. The number of aryl methyl sites for hydroxylation is 6. The fraction of sp³-hybridized carbons (Fsp3) is 0.183. The minimum Gasteiger partial charge on any atom is -0.493 e. The summed E-state index contributed by atoms with van der Waals surface area (Å²) in [6.07, 6.45) is 4.64. The molecule has 0 saturated heterocycles. The number of anilines is 3. The highest BCUT2D eigenvalue weighted by atomic mass is 32.2. The van der Waals surface area contributed by atoms with E-state index >= 15 is 0 Å². The summed E-state index contributed by atoms with van der Waals surface area (Å²) in [6, 6.07) is 49.8. The second kappa shape index (κ2) is 28.6. The highest BCUT2D eigenvalue weighted by Gasteiger charge is 2.19. The maximum Gasteiger partial charge on any atom is 0.335 e. The van der Waals surface area contributed by atoms with Gasteiger partial charge in [0.25, 0.3) is 20.0 Å². The molecular weight excluding hydrogens is 1110 g/mol. The van der Waals surface area contributed by atoms with Gasteiger partial charge >= 0.3 is 17.9 Å². The van der Waals surface area contributed by atoms with E-state index in [-0.39, 0.29) is 25.8 Å². The second-order valence-corrected chi connectivity index (χ2v) is 25.2. The number of rotatable bonds is 23. The van der Waals surface area contributed by atoms with Crippen LogP contribution in [0, 0.1) is 0 Å². The Balaban J connectivity index is 0.000000198. The molecule has 0 aliphatic rings. The number of nitrogens with one attached hydrogen (secondary N) is 3. The molecule has 0 atom stereocenters. The van der Waals surface area contributed by atoms with E-state index in [1.54, 1.807) is 122 Å². The lowest BCUT2D eigenvalue weighted by Gasteiger charge is -2.12. The Morgan fingerprint density at radius 2 is 0.753 bits per heavy atom. The maximum atomic E-state index is 12.7. The van der Waals surface area contributed by atoms with Crippen molar-refractivity contribution in [3.63, 3.8) is 0 Å². The molecule has 0 amide bonds. The number of hydrogen-bond acceptors (Lipinski definition) is 12. The van der Waals surface area contributed by atoms with Crippen molar-refractivity contribution >= 4 is 76.4 Å². The first kappa shape index (κ1) is 61.7. The Hall–Kier alpha value is -8.50. The first-order valence-electron chi connectivity index (χ1n) is 25.1. The average Bonchev–Trinajstić information content (AvgIpc) is 4.02. The largest absolute Gasteiger partial charge is 0.493 e. The summed E-state index contributed by atoms with van der Waals surface area (Å²) >= 11 is 1.17. The molecule has 0 aliphatic carbocycles. The lowest BCUT2D eigenvalue weighted by molar-refractivity contribution is 0.0686. The summed E-state index contributed by atoms with van der Waals surface area (Å²) in [5.74, 6) is -2.03. The van der Waals surface area contributed by atoms with Crippen LogP contribution in [-0.2, 0) is 68.6 Å². The molecule has 81 heavy (non-hydrogen) atoms. The molecule has 0 bridgehead atoms. The van der Waals surface area contributed by atoms with Crippen LogP contribution in [0.4, 0.5) is 17.1 Å². The Bertz CT molecular complexity index is 3710. The van der Waals surface area contributed by atoms with Gasteiger partial charge in [0, 0.05) is 23.1 Å². The Morgan fingerprint density at radius 3 is 1.05 bits per heavy atom. The van der Waals surface area contributed by atoms with Crippen molar-refractivity contribution in [3.8, 4) is 11.5 Å². The SMILES string of the molecule is CC(C)S(=O)(=O)Nc1ccc(CCc2ccc(C(=O)O)cc2)cc1.COc1ccc(S(=O)(=O)Nc2ccc(CCc3ccc(C(=O)O)cc3)cc2)cc1OC.O=C(O)c1ccc(CCc2ccc(NS(=O)(=O)c3cccs3)cc2)cc1. The highest BCUT2D eigenvalue weighted by Crippen LogP contribution is 2.30. The number of carbonyl (C=O) groups is 3. The number of benzene rings is 7.